The van der Waals surface area contributed by atoms with Crippen LogP contribution in [-0.4, -0.2) is 30.6 Å². The third-order valence-corrected chi connectivity index (χ3v) is 4.59. The molecule has 0 bridgehead atoms. The molecule has 2 nitrogen and oxygen atoms in total. The SMILES string of the molecule is CCC1Cc2cc3c(cc2N1)CCN(CC)CC3. The molecule has 0 saturated carbocycles. The maximum atomic E-state index is 3.67. The molecule has 98 valence electrons. The molecular formula is C16H24N2. The molecule has 3 rings (SSSR count). The summed E-state index contributed by atoms with van der Waals surface area (Å²) < 4.78 is 0. The van der Waals surface area contributed by atoms with E-state index in [0.717, 1.165) is 0 Å². The van der Waals surface area contributed by atoms with Crippen molar-refractivity contribution in [3.05, 3.63) is 28.8 Å². The summed E-state index contributed by atoms with van der Waals surface area (Å²) in [5, 5.41) is 3.67. The highest BCUT2D eigenvalue weighted by Gasteiger charge is 2.22. The highest BCUT2D eigenvalue weighted by Crippen LogP contribution is 2.31. The van der Waals surface area contributed by atoms with Crippen molar-refractivity contribution in [3.63, 3.8) is 0 Å². The number of anilines is 1. The summed E-state index contributed by atoms with van der Waals surface area (Å²) in [6, 6.07) is 5.57. The number of benzene rings is 1. The van der Waals surface area contributed by atoms with E-state index >= 15 is 0 Å². The first-order valence-electron chi connectivity index (χ1n) is 7.43. The van der Waals surface area contributed by atoms with Crippen LogP contribution in [0.5, 0.6) is 0 Å². The number of hydrogen-bond donors (Lipinski definition) is 1. The fourth-order valence-corrected chi connectivity index (χ4v) is 3.28. The lowest BCUT2D eigenvalue weighted by molar-refractivity contribution is 0.303. The molecule has 0 aliphatic carbocycles. The lowest BCUT2D eigenvalue weighted by Crippen LogP contribution is -2.25. The van der Waals surface area contributed by atoms with E-state index in [0.29, 0.717) is 6.04 Å². The predicted octanol–water partition coefficient (Wildman–Crippen LogP) is 2.85. The highest BCUT2D eigenvalue weighted by molar-refractivity contribution is 5.60. The standard InChI is InChI=1S/C16H24N2/c1-3-15-10-14-9-12-5-7-18(4-2)8-6-13(12)11-16(14)17-15/h9,11,15,17H,3-8,10H2,1-2H3. The summed E-state index contributed by atoms with van der Waals surface area (Å²) >= 11 is 0. The molecule has 0 amide bonds. The first kappa shape index (κ1) is 12.0. The zero-order valence-electron chi connectivity index (χ0n) is 11.6. The minimum absolute atomic E-state index is 0.665. The van der Waals surface area contributed by atoms with Crippen LogP contribution >= 0.6 is 0 Å². The van der Waals surface area contributed by atoms with Gasteiger partial charge in [-0.2, -0.15) is 0 Å². The first-order chi connectivity index (χ1) is 8.80. The molecule has 18 heavy (non-hydrogen) atoms. The molecule has 0 fully saturated rings. The van der Waals surface area contributed by atoms with Crippen LogP contribution in [0.2, 0.25) is 0 Å². The largest absolute Gasteiger partial charge is 0.382 e. The molecule has 2 aliphatic heterocycles. The van der Waals surface area contributed by atoms with Gasteiger partial charge in [0.2, 0.25) is 0 Å². The van der Waals surface area contributed by atoms with Crippen LogP contribution in [0, 0.1) is 0 Å². The Morgan fingerprint density at radius 2 is 1.83 bits per heavy atom. The number of nitrogens with one attached hydrogen (secondary N) is 1. The van der Waals surface area contributed by atoms with Crippen molar-refractivity contribution in [2.24, 2.45) is 0 Å². The van der Waals surface area contributed by atoms with Crippen molar-refractivity contribution in [3.8, 4) is 0 Å². The predicted molar refractivity (Wildman–Crippen MR) is 77.4 cm³/mol. The number of hydrogen-bond acceptors (Lipinski definition) is 2. The van der Waals surface area contributed by atoms with Gasteiger partial charge in [0.1, 0.15) is 0 Å². The van der Waals surface area contributed by atoms with Crippen LogP contribution < -0.4 is 5.32 Å². The van der Waals surface area contributed by atoms with E-state index in [1.807, 2.05) is 0 Å². The van der Waals surface area contributed by atoms with Gasteiger partial charge in [-0.1, -0.05) is 19.9 Å². The smallest absolute Gasteiger partial charge is 0.0378 e. The van der Waals surface area contributed by atoms with Gasteiger partial charge in [-0.05, 0) is 55.0 Å². The molecule has 1 unspecified atom stereocenters. The zero-order chi connectivity index (χ0) is 12.5. The Balaban J connectivity index is 1.85. The van der Waals surface area contributed by atoms with Crippen molar-refractivity contribution in [1.29, 1.82) is 0 Å². The van der Waals surface area contributed by atoms with Crippen molar-refractivity contribution < 1.29 is 0 Å². The second kappa shape index (κ2) is 4.93. The van der Waals surface area contributed by atoms with Crippen LogP contribution in [0.25, 0.3) is 0 Å². The van der Waals surface area contributed by atoms with Crippen molar-refractivity contribution in [2.45, 2.75) is 45.6 Å². The fraction of sp³-hybridized carbons (Fsp3) is 0.625. The summed E-state index contributed by atoms with van der Waals surface area (Å²) in [6.45, 7) is 8.17. The minimum Gasteiger partial charge on any atom is -0.382 e. The maximum Gasteiger partial charge on any atom is 0.0378 e. The van der Waals surface area contributed by atoms with E-state index in [1.165, 1.54) is 51.0 Å². The van der Waals surface area contributed by atoms with Crippen molar-refractivity contribution >= 4 is 5.69 Å². The normalized spacial score (nSPS) is 23.1. The van der Waals surface area contributed by atoms with Crippen molar-refractivity contribution in [1.82, 2.24) is 4.90 Å². The molecule has 2 heteroatoms. The van der Waals surface area contributed by atoms with E-state index in [4.69, 9.17) is 0 Å². The summed E-state index contributed by atoms with van der Waals surface area (Å²) in [5.74, 6) is 0. The zero-order valence-corrected chi connectivity index (χ0v) is 11.6. The average molecular weight is 244 g/mol. The van der Waals surface area contributed by atoms with Crippen LogP contribution in [0.1, 0.15) is 37.0 Å². The highest BCUT2D eigenvalue weighted by atomic mass is 15.1. The number of rotatable bonds is 2. The summed E-state index contributed by atoms with van der Waals surface area (Å²) in [6.07, 6.45) is 4.89. The van der Waals surface area contributed by atoms with Crippen molar-refractivity contribution in [2.75, 3.05) is 25.0 Å². The Morgan fingerprint density at radius 3 is 2.50 bits per heavy atom. The van der Waals surface area contributed by atoms with Gasteiger partial charge in [0, 0.05) is 24.8 Å². The van der Waals surface area contributed by atoms with Gasteiger partial charge in [0.05, 0.1) is 0 Å². The van der Waals surface area contributed by atoms with Gasteiger partial charge in [-0.15, -0.1) is 0 Å². The second-order valence-corrected chi connectivity index (χ2v) is 5.67. The van der Waals surface area contributed by atoms with E-state index < -0.39 is 0 Å². The average Bonchev–Trinajstić information content (AvgIpc) is 2.69. The number of nitrogens with zero attached hydrogens (tertiary/aromatic N) is 1. The third-order valence-electron chi connectivity index (χ3n) is 4.59. The lowest BCUT2D eigenvalue weighted by atomic mass is 9.98. The van der Waals surface area contributed by atoms with Gasteiger partial charge in [-0.25, -0.2) is 0 Å². The minimum atomic E-state index is 0.665. The van der Waals surface area contributed by atoms with Crippen LogP contribution in [0.4, 0.5) is 5.69 Å². The number of fused-ring (bicyclic) bond motifs is 2. The molecule has 0 saturated heterocycles. The van der Waals surface area contributed by atoms with E-state index in [1.54, 1.807) is 16.7 Å². The number of likely N-dealkylation sites (N-methyl/N-ethyl adjacent to an activating group) is 1. The monoisotopic (exact) mass is 244 g/mol. The van der Waals surface area contributed by atoms with Gasteiger partial charge in [-0.3, -0.25) is 0 Å². The summed E-state index contributed by atoms with van der Waals surface area (Å²) in [5.41, 5.74) is 6.13. The molecule has 1 N–H and O–H groups in total. The second-order valence-electron chi connectivity index (χ2n) is 5.67. The summed E-state index contributed by atoms with van der Waals surface area (Å²) in [7, 11) is 0. The van der Waals surface area contributed by atoms with E-state index in [-0.39, 0.29) is 0 Å². The van der Waals surface area contributed by atoms with Crippen LogP contribution in [-0.2, 0) is 19.3 Å². The lowest BCUT2D eigenvalue weighted by Gasteiger charge is -2.16. The molecule has 1 aromatic carbocycles. The molecule has 2 heterocycles. The fourth-order valence-electron chi connectivity index (χ4n) is 3.28. The summed E-state index contributed by atoms with van der Waals surface area (Å²) in [4.78, 5) is 2.56. The molecule has 1 aromatic rings. The quantitative estimate of drug-likeness (QED) is 0.860. The molecular weight excluding hydrogens is 220 g/mol. The Kier molecular flexibility index (Phi) is 3.29. The van der Waals surface area contributed by atoms with E-state index in [9.17, 15) is 0 Å². The molecule has 0 radical (unpaired) electrons. The Hall–Kier alpha value is -1.02. The van der Waals surface area contributed by atoms with Gasteiger partial charge < -0.3 is 10.2 Å². The topological polar surface area (TPSA) is 15.3 Å². The molecule has 2 aliphatic rings. The van der Waals surface area contributed by atoms with Crippen LogP contribution in [0.15, 0.2) is 12.1 Å². The molecule has 0 aromatic heterocycles. The Labute approximate surface area is 110 Å². The Morgan fingerprint density at radius 1 is 1.11 bits per heavy atom. The first-order valence-corrected chi connectivity index (χ1v) is 7.43. The molecule has 1 atom stereocenters. The van der Waals surface area contributed by atoms with Gasteiger partial charge in [0.15, 0.2) is 0 Å². The Bertz CT molecular complexity index is 402. The third kappa shape index (κ3) is 2.14. The van der Waals surface area contributed by atoms with E-state index in [2.05, 4.69) is 36.2 Å². The maximum absolute atomic E-state index is 3.67. The van der Waals surface area contributed by atoms with Crippen LogP contribution in [0.3, 0.4) is 0 Å². The molecule has 0 spiro atoms. The van der Waals surface area contributed by atoms with Gasteiger partial charge >= 0.3 is 0 Å². The van der Waals surface area contributed by atoms with Gasteiger partial charge in [0.25, 0.3) is 0 Å².